The molecule has 8 nitrogen and oxygen atoms in total. The fraction of sp³-hybridized carbons (Fsp3) is 0.292. The highest BCUT2D eigenvalue weighted by molar-refractivity contribution is 8.13. The van der Waals surface area contributed by atoms with E-state index in [1.54, 1.807) is 57.5 Å². The van der Waals surface area contributed by atoms with E-state index in [0.29, 0.717) is 39.3 Å². The molecular formula is C24H26N2O6S. The number of allylic oxidation sites excluding steroid dienone is 1. The SMILES string of the molecule is CCOC(=O)C1=C(C)NC(SCc2ccc(C(=O)O)cc2)=N[C@H]1c1ccc(OC)cc1OC. The summed E-state index contributed by atoms with van der Waals surface area (Å²) in [6.07, 6.45) is 0. The first-order valence-electron chi connectivity index (χ1n) is 10.3. The van der Waals surface area contributed by atoms with E-state index in [1.165, 1.54) is 11.8 Å². The third kappa shape index (κ3) is 5.67. The Bertz CT molecular complexity index is 1090. The van der Waals surface area contributed by atoms with E-state index in [4.69, 9.17) is 24.3 Å². The minimum atomic E-state index is -0.962. The van der Waals surface area contributed by atoms with Gasteiger partial charge in [-0.25, -0.2) is 14.6 Å². The van der Waals surface area contributed by atoms with Crippen molar-refractivity contribution in [2.24, 2.45) is 4.99 Å². The average Bonchev–Trinajstić information content (AvgIpc) is 2.82. The number of aliphatic imine (C=N–C) groups is 1. The molecule has 0 radical (unpaired) electrons. The quantitative estimate of drug-likeness (QED) is 0.554. The number of carboxylic acid groups (broad SMARTS) is 1. The molecular weight excluding hydrogens is 444 g/mol. The summed E-state index contributed by atoms with van der Waals surface area (Å²) in [5.41, 5.74) is 2.96. The first-order chi connectivity index (χ1) is 15.9. The lowest BCUT2D eigenvalue weighted by molar-refractivity contribution is -0.138. The summed E-state index contributed by atoms with van der Waals surface area (Å²) in [6.45, 7) is 3.82. The molecule has 0 unspecified atom stereocenters. The summed E-state index contributed by atoms with van der Waals surface area (Å²) in [5, 5.41) is 12.9. The average molecular weight is 471 g/mol. The zero-order chi connectivity index (χ0) is 24.0. The molecule has 0 saturated heterocycles. The normalized spacial score (nSPS) is 15.4. The highest BCUT2D eigenvalue weighted by atomic mass is 32.2. The number of esters is 1. The van der Waals surface area contributed by atoms with Gasteiger partial charge in [0.25, 0.3) is 0 Å². The monoisotopic (exact) mass is 470 g/mol. The Morgan fingerprint density at radius 3 is 2.45 bits per heavy atom. The maximum atomic E-state index is 12.8. The number of aromatic carboxylic acids is 1. The number of benzene rings is 2. The van der Waals surface area contributed by atoms with Crippen LogP contribution >= 0.6 is 11.8 Å². The zero-order valence-corrected chi connectivity index (χ0v) is 19.7. The van der Waals surface area contributed by atoms with Crippen LogP contribution in [0.5, 0.6) is 11.5 Å². The molecule has 0 aliphatic carbocycles. The molecule has 9 heteroatoms. The highest BCUT2D eigenvalue weighted by Gasteiger charge is 2.32. The maximum Gasteiger partial charge on any atom is 0.338 e. The van der Waals surface area contributed by atoms with Crippen molar-refractivity contribution in [3.05, 3.63) is 70.4 Å². The lowest BCUT2D eigenvalue weighted by Gasteiger charge is -2.27. The first-order valence-corrected chi connectivity index (χ1v) is 11.3. The Labute approximate surface area is 196 Å². The van der Waals surface area contributed by atoms with E-state index >= 15 is 0 Å². The summed E-state index contributed by atoms with van der Waals surface area (Å²) < 4.78 is 16.1. The smallest absolute Gasteiger partial charge is 0.338 e. The van der Waals surface area contributed by atoms with Crippen LogP contribution in [0.1, 0.15) is 41.4 Å². The van der Waals surface area contributed by atoms with E-state index in [2.05, 4.69) is 5.32 Å². The van der Waals surface area contributed by atoms with Crippen LogP contribution in [0.15, 0.2) is 58.7 Å². The minimum absolute atomic E-state index is 0.237. The van der Waals surface area contributed by atoms with Gasteiger partial charge in [0, 0.05) is 23.1 Å². The van der Waals surface area contributed by atoms with Gasteiger partial charge < -0.3 is 24.6 Å². The molecule has 2 aromatic rings. The largest absolute Gasteiger partial charge is 0.497 e. The Morgan fingerprint density at radius 2 is 1.85 bits per heavy atom. The lowest BCUT2D eigenvalue weighted by Crippen LogP contribution is -2.30. The molecule has 1 aliphatic rings. The molecule has 3 rings (SSSR count). The number of carboxylic acids is 1. The van der Waals surface area contributed by atoms with Crippen molar-refractivity contribution in [2.45, 2.75) is 25.6 Å². The summed E-state index contributed by atoms with van der Waals surface area (Å²) in [6, 6.07) is 11.4. The van der Waals surface area contributed by atoms with E-state index < -0.39 is 18.0 Å². The Morgan fingerprint density at radius 1 is 1.12 bits per heavy atom. The van der Waals surface area contributed by atoms with Crippen molar-refractivity contribution in [3.8, 4) is 11.5 Å². The summed E-state index contributed by atoms with van der Waals surface area (Å²) in [7, 11) is 3.13. The second kappa shape index (κ2) is 10.9. The third-order valence-corrected chi connectivity index (χ3v) is 5.98. The predicted molar refractivity (Wildman–Crippen MR) is 127 cm³/mol. The number of rotatable bonds is 8. The van der Waals surface area contributed by atoms with Crippen LogP contribution in [0.3, 0.4) is 0 Å². The molecule has 2 aromatic carbocycles. The molecule has 174 valence electrons. The van der Waals surface area contributed by atoms with Gasteiger partial charge in [0.1, 0.15) is 17.5 Å². The van der Waals surface area contributed by atoms with Gasteiger partial charge in [-0.15, -0.1) is 0 Å². The molecule has 0 saturated carbocycles. The van der Waals surface area contributed by atoms with Crippen LogP contribution in [0.2, 0.25) is 0 Å². The van der Waals surface area contributed by atoms with Gasteiger partial charge >= 0.3 is 11.9 Å². The van der Waals surface area contributed by atoms with Crippen LogP contribution in [-0.2, 0) is 15.3 Å². The summed E-state index contributed by atoms with van der Waals surface area (Å²) >= 11 is 1.45. The third-order valence-electron chi connectivity index (χ3n) is 5.03. The number of ether oxygens (including phenoxy) is 3. The van der Waals surface area contributed by atoms with Crippen molar-refractivity contribution in [1.29, 1.82) is 0 Å². The first kappa shape index (κ1) is 24.2. The van der Waals surface area contributed by atoms with Crippen molar-refractivity contribution in [1.82, 2.24) is 5.32 Å². The second-order valence-electron chi connectivity index (χ2n) is 7.12. The molecule has 0 aromatic heterocycles. The van der Waals surface area contributed by atoms with Crippen LogP contribution in [0.4, 0.5) is 0 Å². The Balaban J connectivity index is 1.92. The Kier molecular flexibility index (Phi) is 8.00. The van der Waals surface area contributed by atoms with E-state index in [-0.39, 0.29) is 12.2 Å². The number of amidine groups is 1. The van der Waals surface area contributed by atoms with Crippen LogP contribution < -0.4 is 14.8 Å². The van der Waals surface area contributed by atoms with Crippen LogP contribution in [-0.4, -0.2) is 43.0 Å². The number of hydrogen-bond acceptors (Lipinski definition) is 8. The molecule has 0 fully saturated rings. The number of nitrogens with zero attached hydrogens (tertiary/aromatic N) is 1. The van der Waals surface area contributed by atoms with Gasteiger partial charge in [-0.1, -0.05) is 23.9 Å². The fourth-order valence-corrected chi connectivity index (χ4v) is 4.26. The zero-order valence-electron chi connectivity index (χ0n) is 18.9. The van der Waals surface area contributed by atoms with Gasteiger partial charge in [0.05, 0.1) is 32.0 Å². The van der Waals surface area contributed by atoms with E-state index in [9.17, 15) is 9.59 Å². The number of hydrogen-bond donors (Lipinski definition) is 2. The predicted octanol–water partition coefficient (Wildman–Crippen LogP) is 4.17. The maximum absolute atomic E-state index is 12.8. The van der Waals surface area contributed by atoms with Crippen LogP contribution in [0.25, 0.3) is 0 Å². The van der Waals surface area contributed by atoms with Gasteiger partial charge in [-0.3, -0.25) is 0 Å². The molecule has 1 atom stereocenters. The standard InChI is InChI=1S/C24H26N2O6S/c1-5-32-23(29)20-14(2)25-24(33-13-15-6-8-16(9-7-15)22(27)28)26-21(20)18-11-10-17(30-3)12-19(18)31-4/h6-12,21H,5,13H2,1-4H3,(H,25,26)(H,27,28)/t21-/m0/s1. The topological polar surface area (TPSA) is 106 Å². The van der Waals surface area contributed by atoms with Gasteiger partial charge in [-0.05, 0) is 43.7 Å². The van der Waals surface area contributed by atoms with Gasteiger partial charge in [-0.2, -0.15) is 0 Å². The molecule has 0 amide bonds. The molecule has 0 bridgehead atoms. The molecule has 2 N–H and O–H groups in total. The van der Waals surface area contributed by atoms with E-state index in [1.807, 2.05) is 13.0 Å². The highest BCUT2D eigenvalue weighted by Crippen LogP contribution is 2.39. The van der Waals surface area contributed by atoms with Gasteiger partial charge in [0.2, 0.25) is 0 Å². The van der Waals surface area contributed by atoms with Crippen molar-refractivity contribution < 1.29 is 28.9 Å². The molecule has 1 heterocycles. The van der Waals surface area contributed by atoms with Crippen molar-refractivity contribution in [2.75, 3.05) is 20.8 Å². The molecule has 33 heavy (non-hydrogen) atoms. The lowest BCUT2D eigenvalue weighted by atomic mass is 9.95. The molecule has 1 aliphatic heterocycles. The number of nitrogens with one attached hydrogen (secondary N) is 1. The number of carbonyl (C=O) groups is 2. The van der Waals surface area contributed by atoms with Crippen molar-refractivity contribution in [3.63, 3.8) is 0 Å². The summed E-state index contributed by atoms with van der Waals surface area (Å²) in [4.78, 5) is 28.6. The fourth-order valence-electron chi connectivity index (χ4n) is 3.36. The Hall–Kier alpha value is -3.46. The van der Waals surface area contributed by atoms with Gasteiger partial charge in [0.15, 0.2) is 5.17 Å². The van der Waals surface area contributed by atoms with Crippen LogP contribution in [0, 0.1) is 0 Å². The second-order valence-corrected chi connectivity index (χ2v) is 8.08. The van der Waals surface area contributed by atoms with E-state index in [0.717, 1.165) is 5.56 Å². The number of methoxy groups -OCH3 is 2. The number of thioether (sulfide) groups is 1. The number of carbonyl (C=O) groups excluding carboxylic acids is 1. The minimum Gasteiger partial charge on any atom is -0.497 e. The summed E-state index contributed by atoms with van der Waals surface area (Å²) in [5.74, 6) is 0.346. The molecule has 0 spiro atoms. The van der Waals surface area contributed by atoms with Crippen molar-refractivity contribution >= 4 is 28.9 Å².